The summed E-state index contributed by atoms with van der Waals surface area (Å²) in [5, 5.41) is -1.18. The van der Waals surface area contributed by atoms with Gasteiger partial charge in [0, 0.05) is 0 Å². The van der Waals surface area contributed by atoms with Crippen LogP contribution in [0.5, 0.6) is 0 Å². The molecule has 0 aliphatic carbocycles. The van der Waals surface area contributed by atoms with Crippen molar-refractivity contribution >= 4 is 38.1 Å². The van der Waals surface area contributed by atoms with Crippen molar-refractivity contribution in [1.29, 1.82) is 0 Å². The predicted octanol–water partition coefficient (Wildman–Crippen LogP) is 4.74. The molecule has 0 aromatic heterocycles. The van der Waals surface area contributed by atoms with Gasteiger partial charge in [-0.3, -0.25) is 4.79 Å². The first-order chi connectivity index (χ1) is 12.9. The Morgan fingerprint density at radius 2 is 1.70 bits per heavy atom. The van der Waals surface area contributed by atoms with Gasteiger partial charge < -0.3 is 0 Å². The van der Waals surface area contributed by atoms with Crippen molar-refractivity contribution in [3.8, 4) is 0 Å². The zero-order valence-corrected chi connectivity index (χ0v) is 17.1. The van der Waals surface area contributed by atoms with E-state index in [1.165, 1.54) is 11.8 Å². The molecule has 27 heavy (non-hydrogen) atoms. The summed E-state index contributed by atoms with van der Waals surface area (Å²) in [5.74, 6) is -0.247. The maximum atomic E-state index is 13.3. The molecule has 1 heterocycles. The minimum atomic E-state index is -3.83. The van der Waals surface area contributed by atoms with Gasteiger partial charge in [0.15, 0.2) is 20.9 Å². The number of para-hydroxylation sites is 1. The molecule has 1 fully saturated rings. The molecule has 0 bridgehead atoms. The molecule has 0 N–H and O–H groups in total. The first-order valence-electron chi connectivity index (χ1n) is 9.08. The van der Waals surface area contributed by atoms with Crippen LogP contribution in [-0.4, -0.2) is 29.7 Å². The van der Waals surface area contributed by atoms with E-state index in [1.54, 1.807) is 24.3 Å². The Bertz CT molecular complexity index is 935. The highest BCUT2D eigenvalue weighted by molar-refractivity contribution is 8.18. The SMILES string of the molecule is CCCCC1SC(=Nc2ccccc2)C(S(=O)(=O)c2ccc(C)cc2)C1=O. The molecule has 142 valence electrons. The summed E-state index contributed by atoms with van der Waals surface area (Å²) in [6.07, 6.45) is 2.53. The van der Waals surface area contributed by atoms with Crippen molar-refractivity contribution in [3.63, 3.8) is 0 Å². The van der Waals surface area contributed by atoms with E-state index < -0.39 is 15.1 Å². The average Bonchev–Trinajstić information content (AvgIpc) is 2.97. The number of sulfone groups is 1. The lowest BCUT2D eigenvalue weighted by atomic mass is 10.1. The van der Waals surface area contributed by atoms with Crippen molar-refractivity contribution in [2.75, 3.05) is 0 Å². The van der Waals surface area contributed by atoms with E-state index in [1.807, 2.05) is 37.3 Å². The number of carbonyl (C=O) groups is 1. The Kier molecular flexibility index (Phi) is 6.17. The number of unbranched alkanes of at least 4 members (excludes halogenated alkanes) is 1. The number of aryl methyl sites for hydroxylation is 1. The van der Waals surface area contributed by atoms with E-state index in [0.29, 0.717) is 17.2 Å². The van der Waals surface area contributed by atoms with E-state index >= 15 is 0 Å². The van der Waals surface area contributed by atoms with E-state index in [2.05, 4.69) is 11.9 Å². The van der Waals surface area contributed by atoms with E-state index in [4.69, 9.17) is 0 Å². The van der Waals surface area contributed by atoms with Crippen LogP contribution in [0.15, 0.2) is 64.5 Å². The lowest BCUT2D eigenvalue weighted by molar-refractivity contribution is -0.116. The van der Waals surface area contributed by atoms with Crippen molar-refractivity contribution in [3.05, 3.63) is 60.2 Å². The molecule has 3 rings (SSSR count). The minimum Gasteiger partial charge on any atom is -0.296 e. The first kappa shape index (κ1) is 19.8. The number of carbonyl (C=O) groups excluding carboxylic acids is 1. The monoisotopic (exact) mass is 401 g/mol. The lowest BCUT2D eigenvalue weighted by Gasteiger charge is -2.12. The van der Waals surface area contributed by atoms with E-state index in [0.717, 1.165) is 18.4 Å². The van der Waals surface area contributed by atoms with Gasteiger partial charge in [0.1, 0.15) is 5.04 Å². The smallest absolute Gasteiger partial charge is 0.194 e. The van der Waals surface area contributed by atoms with Gasteiger partial charge in [-0.05, 0) is 37.6 Å². The van der Waals surface area contributed by atoms with E-state index in [-0.39, 0.29) is 15.9 Å². The number of ketones is 1. The first-order valence-corrected chi connectivity index (χ1v) is 11.5. The fourth-order valence-electron chi connectivity index (χ4n) is 3.01. The van der Waals surface area contributed by atoms with Gasteiger partial charge in [-0.1, -0.05) is 67.4 Å². The van der Waals surface area contributed by atoms with Gasteiger partial charge in [0.25, 0.3) is 0 Å². The third kappa shape index (κ3) is 4.33. The van der Waals surface area contributed by atoms with Gasteiger partial charge in [-0.15, -0.1) is 0 Å². The Labute approximate surface area is 165 Å². The summed E-state index contributed by atoms with van der Waals surface area (Å²) < 4.78 is 26.5. The molecular weight excluding hydrogens is 378 g/mol. The summed E-state index contributed by atoms with van der Waals surface area (Å²) in [6, 6.07) is 15.8. The lowest BCUT2D eigenvalue weighted by Crippen LogP contribution is -2.34. The van der Waals surface area contributed by atoms with Crippen LogP contribution in [0, 0.1) is 6.92 Å². The van der Waals surface area contributed by atoms with Crippen molar-refractivity contribution in [2.24, 2.45) is 4.99 Å². The number of benzene rings is 2. The van der Waals surface area contributed by atoms with Gasteiger partial charge in [0.2, 0.25) is 0 Å². The molecule has 1 aliphatic rings. The number of Topliss-reactive ketones (excluding diaryl/α,β-unsaturated/α-hetero) is 1. The maximum Gasteiger partial charge on any atom is 0.194 e. The minimum absolute atomic E-state index is 0.170. The van der Waals surface area contributed by atoms with E-state index in [9.17, 15) is 13.2 Å². The molecular formula is C21H23NO3S2. The van der Waals surface area contributed by atoms with Crippen molar-refractivity contribution < 1.29 is 13.2 Å². The molecule has 1 saturated heterocycles. The Balaban J connectivity index is 2.03. The van der Waals surface area contributed by atoms with Crippen LogP contribution >= 0.6 is 11.8 Å². The second-order valence-electron chi connectivity index (χ2n) is 6.67. The van der Waals surface area contributed by atoms with Crippen LogP contribution in [0.4, 0.5) is 5.69 Å². The number of hydrogen-bond donors (Lipinski definition) is 0. The van der Waals surface area contributed by atoms with Crippen molar-refractivity contribution in [1.82, 2.24) is 0 Å². The fourth-order valence-corrected chi connectivity index (χ4v) is 6.45. The normalized spacial score (nSPS) is 21.7. The number of nitrogens with zero attached hydrogens (tertiary/aromatic N) is 1. The summed E-state index contributed by atoms with van der Waals surface area (Å²) in [4.78, 5) is 17.7. The van der Waals surface area contributed by atoms with Crippen LogP contribution in [-0.2, 0) is 14.6 Å². The van der Waals surface area contributed by atoms with Crippen LogP contribution in [0.3, 0.4) is 0 Å². The second-order valence-corrected chi connectivity index (χ2v) is 9.93. The average molecular weight is 402 g/mol. The third-order valence-electron chi connectivity index (χ3n) is 4.54. The molecule has 4 nitrogen and oxygen atoms in total. The van der Waals surface area contributed by atoms with Gasteiger partial charge in [-0.25, -0.2) is 13.4 Å². The summed E-state index contributed by atoms with van der Waals surface area (Å²) in [6.45, 7) is 3.96. The van der Waals surface area contributed by atoms with Gasteiger partial charge >= 0.3 is 0 Å². The highest BCUT2D eigenvalue weighted by atomic mass is 32.2. The summed E-state index contributed by atoms with van der Waals surface area (Å²) in [5.41, 5.74) is 1.63. The van der Waals surface area contributed by atoms with Crippen molar-refractivity contribution in [2.45, 2.75) is 48.5 Å². The molecule has 0 saturated carbocycles. The molecule has 2 unspecified atom stereocenters. The van der Waals surface area contributed by atoms with Gasteiger partial charge in [-0.2, -0.15) is 0 Å². The van der Waals surface area contributed by atoms with Crippen LogP contribution < -0.4 is 0 Å². The second kappa shape index (κ2) is 8.40. The number of aliphatic imine (C=N–C) groups is 1. The summed E-state index contributed by atoms with van der Waals surface area (Å²) in [7, 11) is -3.83. The molecule has 0 radical (unpaired) electrons. The molecule has 1 aliphatic heterocycles. The standard InChI is InChI=1S/C21H23NO3S2/c1-3-4-10-18-19(23)20(21(26-18)22-16-8-6-5-7-9-16)27(24,25)17-13-11-15(2)12-14-17/h5-9,11-14,18,20H,3-4,10H2,1-2H3. The Morgan fingerprint density at radius 3 is 2.33 bits per heavy atom. The quantitative estimate of drug-likeness (QED) is 0.701. The largest absolute Gasteiger partial charge is 0.296 e. The highest BCUT2D eigenvalue weighted by Gasteiger charge is 2.48. The Morgan fingerprint density at radius 1 is 1.04 bits per heavy atom. The topological polar surface area (TPSA) is 63.6 Å². The predicted molar refractivity (Wildman–Crippen MR) is 112 cm³/mol. The molecule has 2 atom stereocenters. The molecule has 0 spiro atoms. The van der Waals surface area contributed by atoms with Gasteiger partial charge in [0.05, 0.1) is 15.8 Å². The van der Waals surface area contributed by atoms with Crippen LogP contribution in [0.1, 0.15) is 31.7 Å². The Hall–Kier alpha value is -1.92. The zero-order chi connectivity index (χ0) is 19.4. The number of thioether (sulfide) groups is 1. The molecule has 2 aromatic rings. The number of rotatable bonds is 6. The summed E-state index contributed by atoms with van der Waals surface area (Å²) >= 11 is 1.31. The molecule has 2 aromatic carbocycles. The van der Waals surface area contributed by atoms with Crippen LogP contribution in [0.2, 0.25) is 0 Å². The molecule has 0 amide bonds. The fraction of sp³-hybridized carbons (Fsp3) is 0.333. The maximum absolute atomic E-state index is 13.3. The van der Waals surface area contributed by atoms with Crippen LogP contribution in [0.25, 0.3) is 0 Å². The third-order valence-corrected chi connectivity index (χ3v) is 8.01. The zero-order valence-electron chi connectivity index (χ0n) is 15.5. The highest BCUT2D eigenvalue weighted by Crippen LogP contribution is 2.37. The molecule has 6 heteroatoms. The number of hydrogen-bond acceptors (Lipinski definition) is 5.